The van der Waals surface area contributed by atoms with E-state index in [2.05, 4.69) is 31.4 Å². The third kappa shape index (κ3) is 4.38. The van der Waals surface area contributed by atoms with Gasteiger partial charge in [0.1, 0.15) is 0 Å². The van der Waals surface area contributed by atoms with Gasteiger partial charge < -0.3 is 14.6 Å². The number of hydrogen-bond acceptors (Lipinski definition) is 6. The van der Waals surface area contributed by atoms with E-state index < -0.39 is 5.97 Å². The van der Waals surface area contributed by atoms with Crippen LogP contribution in [0.15, 0.2) is 69.7 Å². The van der Waals surface area contributed by atoms with Gasteiger partial charge in [-0.2, -0.15) is 4.98 Å². The minimum Gasteiger partial charge on any atom is -0.452 e. The maximum atomic E-state index is 12.7. The molecule has 0 aliphatic rings. The van der Waals surface area contributed by atoms with Gasteiger partial charge in [-0.1, -0.05) is 57.5 Å². The summed E-state index contributed by atoms with van der Waals surface area (Å²) in [4.78, 5) is 28.5. The van der Waals surface area contributed by atoms with Crippen molar-refractivity contribution in [2.24, 2.45) is 0 Å². The van der Waals surface area contributed by atoms with Crippen LogP contribution < -0.4 is 5.32 Å². The maximum Gasteiger partial charge on any atom is 0.340 e. The van der Waals surface area contributed by atoms with Gasteiger partial charge in [-0.25, -0.2) is 4.79 Å². The van der Waals surface area contributed by atoms with Crippen LogP contribution in [0.4, 0.5) is 5.69 Å². The second-order valence-electron chi connectivity index (χ2n) is 6.52. The topological polar surface area (TPSA) is 94.3 Å². The van der Waals surface area contributed by atoms with Crippen LogP contribution in [0, 0.1) is 0 Å². The van der Waals surface area contributed by atoms with Crippen molar-refractivity contribution in [3.05, 3.63) is 76.6 Å². The summed E-state index contributed by atoms with van der Waals surface area (Å²) >= 11 is 3.40. The van der Waals surface area contributed by atoms with Crippen LogP contribution in [0.5, 0.6) is 0 Å². The lowest BCUT2D eigenvalue weighted by atomic mass is 10.0. The third-order valence-corrected chi connectivity index (χ3v) is 4.79. The highest BCUT2D eigenvalue weighted by molar-refractivity contribution is 9.10. The highest BCUT2D eigenvalue weighted by atomic mass is 79.9. The van der Waals surface area contributed by atoms with Crippen molar-refractivity contribution < 1.29 is 18.8 Å². The fourth-order valence-corrected chi connectivity index (χ4v) is 3.36. The van der Waals surface area contributed by atoms with Gasteiger partial charge >= 0.3 is 5.97 Å². The number of carbonyl (C=O) groups is 2. The van der Waals surface area contributed by atoms with E-state index in [1.807, 2.05) is 48.5 Å². The molecule has 1 amide bonds. The third-order valence-electron chi connectivity index (χ3n) is 4.29. The molecule has 0 saturated carbocycles. The first-order valence-electron chi connectivity index (χ1n) is 9.05. The van der Waals surface area contributed by atoms with Crippen molar-refractivity contribution in [1.29, 1.82) is 0 Å². The molecule has 0 fully saturated rings. The summed E-state index contributed by atoms with van der Waals surface area (Å²) in [5, 5.41) is 8.35. The predicted octanol–water partition coefficient (Wildman–Crippen LogP) is 4.97. The lowest BCUT2D eigenvalue weighted by molar-refractivity contribution is -0.114. The molecular weight excluding hydrogens is 450 g/mol. The van der Waals surface area contributed by atoms with E-state index in [1.165, 1.54) is 6.92 Å². The molecule has 4 rings (SSSR count). The summed E-state index contributed by atoms with van der Waals surface area (Å²) in [5.41, 5.74) is 1.40. The number of esters is 1. The molecule has 1 heterocycles. The van der Waals surface area contributed by atoms with E-state index in [0.29, 0.717) is 11.5 Å². The number of nitrogens with one attached hydrogen (secondary N) is 1. The molecule has 1 aromatic heterocycles. The number of rotatable bonds is 5. The summed E-state index contributed by atoms with van der Waals surface area (Å²) in [6, 6.07) is 18.4. The minimum atomic E-state index is -0.605. The van der Waals surface area contributed by atoms with E-state index in [1.54, 1.807) is 12.1 Å². The number of nitrogens with zero attached hydrogens (tertiary/aromatic N) is 2. The summed E-state index contributed by atoms with van der Waals surface area (Å²) in [6.07, 6.45) is 0. The predicted molar refractivity (Wildman–Crippen MR) is 115 cm³/mol. The SMILES string of the molecule is CC(=O)Nc1cc2ccccc2cc1C(=O)OCc1nc(-c2cccc(Br)c2)no1. The number of halogens is 1. The summed E-state index contributed by atoms with van der Waals surface area (Å²) < 4.78 is 11.4. The van der Waals surface area contributed by atoms with Crippen LogP contribution in [0.25, 0.3) is 22.2 Å². The number of fused-ring (bicyclic) bond motifs is 1. The van der Waals surface area contributed by atoms with Crippen molar-refractivity contribution in [3.63, 3.8) is 0 Å². The van der Waals surface area contributed by atoms with Crippen molar-refractivity contribution >= 4 is 44.3 Å². The Balaban J connectivity index is 1.54. The van der Waals surface area contributed by atoms with Gasteiger partial charge in [-0.05, 0) is 35.0 Å². The Hall–Kier alpha value is -3.52. The van der Waals surface area contributed by atoms with Crippen LogP contribution in [0.2, 0.25) is 0 Å². The molecule has 1 N–H and O–H groups in total. The molecule has 150 valence electrons. The van der Waals surface area contributed by atoms with Crippen LogP contribution >= 0.6 is 15.9 Å². The van der Waals surface area contributed by atoms with Crippen molar-refractivity contribution in [1.82, 2.24) is 10.1 Å². The van der Waals surface area contributed by atoms with E-state index in [4.69, 9.17) is 9.26 Å². The summed E-state index contributed by atoms with van der Waals surface area (Å²) in [6.45, 7) is 1.19. The molecule has 0 spiro atoms. The Bertz CT molecular complexity index is 1250. The monoisotopic (exact) mass is 465 g/mol. The van der Waals surface area contributed by atoms with E-state index in [9.17, 15) is 9.59 Å². The molecule has 0 radical (unpaired) electrons. The highest BCUT2D eigenvalue weighted by Crippen LogP contribution is 2.26. The van der Waals surface area contributed by atoms with Gasteiger partial charge in [0.15, 0.2) is 6.61 Å². The van der Waals surface area contributed by atoms with Crippen molar-refractivity contribution in [3.8, 4) is 11.4 Å². The number of anilines is 1. The molecule has 0 bridgehead atoms. The first kappa shape index (κ1) is 19.8. The summed E-state index contributed by atoms with van der Waals surface area (Å²) in [5.74, 6) is -0.325. The zero-order valence-corrected chi connectivity index (χ0v) is 17.5. The minimum absolute atomic E-state index is 0.167. The molecule has 4 aromatic rings. The molecule has 3 aromatic carbocycles. The molecule has 0 saturated heterocycles. The van der Waals surface area contributed by atoms with Gasteiger partial charge in [-0.3, -0.25) is 4.79 Å². The number of ether oxygens (including phenoxy) is 1. The molecule has 0 aliphatic carbocycles. The first-order chi connectivity index (χ1) is 14.5. The lowest BCUT2D eigenvalue weighted by Crippen LogP contribution is -2.13. The maximum absolute atomic E-state index is 12.7. The Labute approximate surface area is 180 Å². The number of benzene rings is 3. The smallest absolute Gasteiger partial charge is 0.340 e. The number of hydrogen-bond donors (Lipinski definition) is 1. The Morgan fingerprint density at radius 1 is 1.07 bits per heavy atom. The van der Waals surface area contributed by atoms with Crippen LogP contribution in [-0.2, 0) is 16.1 Å². The molecule has 30 heavy (non-hydrogen) atoms. The molecule has 7 nitrogen and oxygen atoms in total. The first-order valence-corrected chi connectivity index (χ1v) is 9.85. The van der Waals surface area contributed by atoms with Gasteiger partial charge in [0, 0.05) is 17.0 Å². The zero-order chi connectivity index (χ0) is 21.1. The molecule has 0 aliphatic heterocycles. The fraction of sp³-hybridized carbons (Fsp3) is 0.0909. The largest absolute Gasteiger partial charge is 0.452 e. The number of aromatic nitrogens is 2. The number of amides is 1. The van der Waals surface area contributed by atoms with E-state index in [-0.39, 0.29) is 24.0 Å². The zero-order valence-electron chi connectivity index (χ0n) is 15.9. The lowest BCUT2D eigenvalue weighted by Gasteiger charge is -2.11. The van der Waals surface area contributed by atoms with Crippen LogP contribution in [0.3, 0.4) is 0 Å². The normalized spacial score (nSPS) is 10.7. The fourth-order valence-electron chi connectivity index (χ4n) is 2.97. The Kier molecular flexibility index (Phi) is 5.58. The van der Waals surface area contributed by atoms with Gasteiger partial charge in [-0.15, -0.1) is 0 Å². The Morgan fingerprint density at radius 3 is 2.57 bits per heavy atom. The van der Waals surface area contributed by atoms with Crippen LogP contribution in [0.1, 0.15) is 23.2 Å². The van der Waals surface area contributed by atoms with Crippen molar-refractivity contribution in [2.75, 3.05) is 5.32 Å². The standard InChI is InChI=1S/C22H16BrN3O4/c1-13(27)24-19-11-15-6-3-2-5-14(15)10-18(19)22(28)29-12-20-25-21(26-30-20)16-7-4-8-17(23)9-16/h2-11H,12H2,1H3,(H,24,27). The molecule has 0 atom stereocenters. The number of carbonyl (C=O) groups excluding carboxylic acids is 2. The second kappa shape index (κ2) is 8.46. The average Bonchev–Trinajstić information content (AvgIpc) is 3.20. The molecule has 0 unspecified atom stereocenters. The van der Waals surface area contributed by atoms with Crippen LogP contribution in [-0.4, -0.2) is 22.0 Å². The van der Waals surface area contributed by atoms with E-state index >= 15 is 0 Å². The Morgan fingerprint density at radius 2 is 1.83 bits per heavy atom. The average molecular weight is 466 g/mol. The second-order valence-corrected chi connectivity index (χ2v) is 7.44. The molecule has 8 heteroatoms. The highest BCUT2D eigenvalue weighted by Gasteiger charge is 2.17. The molecular formula is C22H16BrN3O4. The van der Waals surface area contributed by atoms with Gasteiger partial charge in [0.2, 0.25) is 11.7 Å². The van der Waals surface area contributed by atoms with Crippen molar-refractivity contribution in [2.45, 2.75) is 13.5 Å². The van der Waals surface area contributed by atoms with Gasteiger partial charge in [0.25, 0.3) is 5.89 Å². The van der Waals surface area contributed by atoms with E-state index in [0.717, 1.165) is 20.8 Å². The van der Waals surface area contributed by atoms with Gasteiger partial charge in [0.05, 0.1) is 11.3 Å². The summed E-state index contributed by atoms with van der Waals surface area (Å²) in [7, 11) is 0. The quantitative estimate of drug-likeness (QED) is 0.418.